The van der Waals surface area contributed by atoms with Gasteiger partial charge in [-0.05, 0) is 24.3 Å². The molecule has 17 heavy (non-hydrogen) atoms. The van der Waals surface area contributed by atoms with E-state index in [4.69, 9.17) is 16.3 Å². The van der Waals surface area contributed by atoms with Crippen molar-refractivity contribution in [1.82, 2.24) is 4.90 Å². The topological polar surface area (TPSA) is 45.1 Å². The fourth-order valence-electron chi connectivity index (χ4n) is 1.63. The predicted octanol–water partition coefficient (Wildman–Crippen LogP) is 2.35. The van der Waals surface area contributed by atoms with Crippen molar-refractivity contribution in [2.45, 2.75) is 0 Å². The number of hydrogen-bond donors (Lipinski definition) is 1. The number of methoxy groups -OCH3 is 1. The second kappa shape index (κ2) is 4.67. The fraction of sp³-hybridized carbons (Fsp3) is 0.250. The van der Waals surface area contributed by atoms with Gasteiger partial charge in [0.05, 0.1) is 18.7 Å². The molecule has 0 aromatic heterocycles. The number of halogens is 1. The predicted molar refractivity (Wildman–Crippen MR) is 67.7 cm³/mol. The average Bonchev–Trinajstić information content (AvgIpc) is 2.34. The molecule has 5 heteroatoms. The molecule has 90 valence electrons. The lowest BCUT2D eigenvalue weighted by molar-refractivity contribution is 0.384. The van der Waals surface area contributed by atoms with Crippen molar-refractivity contribution >= 4 is 17.4 Å². The molecule has 0 saturated carbocycles. The lowest BCUT2D eigenvalue weighted by Crippen LogP contribution is -2.32. The number of aliphatic imine (C=N–C) groups is 1. The van der Waals surface area contributed by atoms with Crippen molar-refractivity contribution in [3.05, 3.63) is 40.7 Å². The molecular weight excluding hydrogens is 240 g/mol. The molecular formula is C12H13ClN2O2. The third kappa shape index (κ3) is 2.36. The molecule has 1 aliphatic heterocycles. The minimum absolute atomic E-state index is 0.115. The second-order valence-corrected chi connectivity index (χ2v) is 4.20. The van der Waals surface area contributed by atoms with Crippen LogP contribution in [0.3, 0.4) is 0 Å². The molecule has 1 N–H and O–H groups in total. The van der Waals surface area contributed by atoms with Gasteiger partial charge in [-0.3, -0.25) is 0 Å². The van der Waals surface area contributed by atoms with E-state index in [-0.39, 0.29) is 5.88 Å². The molecule has 0 unspecified atom stereocenters. The molecule has 1 heterocycles. The first-order valence-corrected chi connectivity index (χ1v) is 5.51. The van der Waals surface area contributed by atoms with Gasteiger partial charge in [0.25, 0.3) is 0 Å². The molecule has 1 aliphatic rings. The summed E-state index contributed by atoms with van der Waals surface area (Å²) in [7, 11) is 3.49. The molecule has 2 rings (SSSR count). The molecule has 0 saturated heterocycles. The number of benzene rings is 1. The van der Waals surface area contributed by atoms with Crippen LogP contribution in [0.5, 0.6) is 5.75 Å². The maximum absolute atomic E-state index is 9.54. The van der Waals surface area contributed by atoms with Crippen molar-refractivity contribution in [3.8, 4) is 5.75 Å². The van der Waals surface area contributed by atoms with E-state index in [0.717, 1.165) is 11.3 Å². The third-order valence-electron chi connectivity index (χ3n) is 2.54. The summed E-state index contributed by atoms with van der Waals surface area (Å²) in [5.41, 5.74) is 0.906. The van der Waals surface area contributed by atoms with Crippen LogP contribution < -0.4 is 4.74 Å². The lowest BCUT2D eigenvalue weighted by atomic mass is 10.1. The van der Waals surface area contributed by atoms with Gasteiger partial charge in [-0.25, -0.2) is 0 Å². The molecule has 0 fully saturated rings. The summed E-state index contributed by atoms with van der Waals surface area (Å²) >= 11 is 5.82. The summed E-state index contributed by atoms with van der Waals surface area (Å²) in [6.07, 6.45) is 0. The first kappa shape index (κ1) is 11.8. The highest BCUT2D eigenvalue weighted by Crippen LogP contribution is 2.20. The molecule has 0 amide bonds. The second-order valence-electron chi connectivity index (χ2n) is 3.75. The maximum atomic E-state index is 9.54. The molecule has 1 aromatic rings. The Balaban J connectivity index is 2.35. The number of aliphatic hydroxyl groups is 1. The van der Waals surface area contributed by atoms with Crippen LogP contribution in [0.2, 0.25) is 0 Å². The smallest absolute Gasteiger partial charge is 0.229 e. The Morgan fingerprint density at radius 1 is 1.35 bits per heavy atom. The minimum Gasteiger partial charge on any atom is -0.497 e. The van der Waals surface area contributed by atoms with Gasteiger partial charge in [0.1, 0.15) is 11.6 Å². The van der Waals surface area contributed by atoms with E-state index in [9.17, 15) is 5.11 Å². The van der Waals surface area contributed by atoms with Crippen LogP contribution in [0.15, 0.2) is 40.2 Å². The zero-order chi connectivity index (χ0) is 12.4. The summed E-state index contributed by atoms with van der Waals surface area (Å²) < 4.78 is 5.09. The van der Waals surface area contributed by atoms with Crippen molar-refractivity contribution in [1.29, 1.82) is 0 Å². The van der Waals surface area contributed by atoms with E-state index < -0.39 is 0 Å². The van der Waals surface area contributed by atoms with E-state index in [0.29, 0.717) is 17.4 Å². The van der Waals surface area contributed by atoms with Crippen molar-refractivity contribution in [3.63, 3.8) is 0 Å². The SMILES string of the molecule is COc1ccc(C2=NC(O)=C(Cl)CN2C)cc1. The Labute approximate surface area is 105 Å². The third-order valence-corrected chi connectivity index (χ3v) is 2.83. The molecule has 0 spiro atoms. The van der Waals surface area contributed by atoms with Crippen LogP contribution in [0.4, 0.5) is 0 Å². The van der Waals surface area contributed by atoms with Gasteiger partial charge in [-0.15, -0.1) is 0 Å². The quantitative estimate of drug-likeness (QED) is 0.879. The number of likely N-dealkylation sites (N-methyl/N-ethyl adjacent to an activating group) is 1. The first-order valence-electron chi connectivity index (χ1n) is 5.13. The summed E-state index contributed by atoms with van der Waals surface area (Å²) in [5, 5.41) is 9.89. The monoisotopic (exact) mass is 252 g/mol. The van der Waals surface area contributed by atoms with E-state index >= 15 is 0 Å². The van der Waals surface area contributed by atoms with Crippen LogP contribution in [0.25, 0.3) is 0 Å². The number of amidine groups is 1. The van der Waals surface area contributed by atoms with Crippen LogP contribution in [0.1, 0.15) is 5.56 Å². The normalized spacial score (nSPS) is 15.9. The van der Waals surface area contributed by atoms with Gasteiger partial charge < -0.3 is 14.7 Å². The van der Waals surface area contributed by atoms with Gasteiger partial charge in [0.2, 0.25) is 5.88 Å². The Morgan fingerprint density at radius 3 is 2.59 bits per heavy atom. The molecule has 0 aliphatic carbocycles. The van der Waals surface area contributed by atoms with Crippen molar-refractivity contribution < 1.29 is 9.84 Å². The summed E-state index contributed by atoms with van der Waals surface area (Å²) in [6, 6.07) is 7.48. The standard InChI is InChI=1S/C12H13ClN2O2/c1-15-7-10(13)12(16)14-11(15)8-3-5-9(17-2)6-4-8/h3-6,16H,7H2,1-2H3. The zero-order valence-corrected chi connectivity index (χ0v) is 10.4. The van der Waals surface area contributed by atoms with Gasteiger partial charge in [-0.2, -0.15) is 4.99 Å². The summed E-state index contributed by atoms with van der Waals surface area (Å²) in [6.45, 7) is 0.457. The summed E-state index contributed by atoms with van der Waals surface area (Å²) in [4.78, 5) is 5.95. The van der Waals surface area contributed by atoms with Crippen LogP contribution in [0, 0.1) is 0 Å². The number of ether oxygens (including phenoxy) is 1. The van der Waals surface area contributed by atoms with Gasteiger partial charge in [-0.1, -0.05) is 11.6 Å². The molecule has 1 aromatic carbocycles. The Hall–Kier alpha value is -1.68. The van der Waals surface area contributed by atoms with Crippen LogP contribution in [-0.4, -0.2) is 36.5 Å². The van der Waals surface area contributed by atoms with Crippen LogP contribution in [-0.2, 0) is 0 Å². The van der Waals surface area contributed by atoms with Gasteiger partial charge in [0, 0.05) is 12.6 Å². The number of nitrogens with zero attached hydrogens (tertiary/aromatic N) is 2. The maximum Gasteiger partial charge on any atom is 0.229 e. The van der Waals surface area contributed by atoms with E-state index in [1.807, 2.05) is 36.2 Å². The highest BCUT2D eigenvalue weighted by Gasteiger charge is 2.18. The zero-order valence-electron chi connectivity index (χ0n) is 9.64. The van der Waals surface area contributed by atoms with Crippen LogP contribution >= 0.6 is 11.6 Å². The van der Waals surface area contributed by atoms with E-state index in [2.05, 4.69) is 4.99 Å². The minimum atomic E-state index is -0.115. The van der Waals surface area contributed by atoms with Gasteiger partial charge in [0.15, 0.2) is 0 Å². The molecule has 0 bridgehead atoms. The highest BCUT2D eigenvalue weighted by atomic mass is 35.5. The summed E-state index contributed by atoms with van der Waals surface area (Å²) in [5.74, 6) is 1.36. The Bertz CT molecular complexity index is 480. The van der Waals surface area contributed by atoms with Crippen molar-refractivity contribution in [2.24, 2.45) is 4.99 Å². The molecule has 0 radical (unpaired) electrons. The average molecular weight is 253 g/mol. The van der Waals surface area contributed by atoms with E-state index in [1.54, 1.807) is 7.11 Å². The molecule has 0 atom stereocenters. The highest BCUT2D eigenvalue weighted by molar-refractivity contribution is 6.30. The van der Waals surface area contributed by atoms with Gasteiger partial charge >= 0.3 is 0 Å². The fourth-order valence-corrected chi connectivity index (χ4v) is 1.85. The number of hydrogen-bond acceptors (Lipinski definition) is 4. The van der Waals surface area contributed by atoms with Crippen molar-refractivity contribution in [2.75, 3.05) is 20.7 Å². The first-order chi connectivity index (χ1) is 8.11. The largest absolute Gasteiger partial charge is 0.497 e. The lowest BCUT2D eigenvalue weighted by Gasteiger charge is -2.24. The molecule has 4 nitrogen and oxygen atoms in total. The Morgan fingerprint density at radius 2 is 2.00 bits per heavy atom. The number of rotatable bonds is 2. The Kier molecular flexibility index (Phi) is 3.24. The van der Waals surface area contributed by atoms with E-state index in [1.165, 1.54) is 0 Å². The number of aliphatic hydroxyl groups excluding tert-OH is 1.